The van der Waals surface area contributed by atoms with Gasteiger partial charge >= 0.3 is 0 Å². The van der Waals surface area contributed by atoms with E-state index in [1.54, 1.807) is 0 Å². The number of piperidine rings is 1. The number of carbonyl (C=O) groups is 1. The largest absolute Gasteiger partial charge is 0.343 e. The number of amides is 1. The molecule has 1 amide bonds. The first-order valence-electron chi connectivity index (χ1n) is 6.76. The van der Waals surface area contributed by atoms with E-state index >= 15 is 0 Å². The van der Waals surface area contributed by atoms with Crippen LogP contribution >= 0.6 is 0 Å². The molecule has 0 radical (unpaired) electrons. The SMILES string of the molecule is CCNCC1CCN(C(=O)CCN(C)C)CC1. The monoisotopic (exact) mass is 241 g/mol. The van der Waals surface area contributed by atoms with Crippen LogP contribution in [-0.2, 0) is 4.79 Å². The van der Waals surface area contributed by atoms with E-state index < -0.39 is 0 Å². The molecule has 1 aliphatic heterocycles. The van der Waals surface area contributed by atoms with E-state index in [9.17, 15) is 4.79 Å². The van der Waals surface area contributed by atoms with E-state index in [1.807, 2.05) is 19.0 Å². The Hall–Kier alpha value is -0.610. The van der Waals surface area contributed by atoms with Gasteiger partial charge in [0.15, 0.2) is 0 Å². The molecular weight excluding hydrogens is 214 g/mol. The highest BCUT2D eigenvalue weighted by Crippen LogP contribution is 2.16. The Morgan fingerprint density at radius 3 is 2.53 bits per heavy atom. The van der Waals surface area contributed by atoms with Crippen molar-refractivity contribution in [3.63, 3.8) is 0 Å². The second-order valence-electron chi connectivity index (χ2n) is 5.19. The fourth-order valence-electron chi connectivity index (χ4n) is 2.21. The molecule has 0 bridgehead atoms. The lowest BCUT2D eigenvalue weighted by molar-refractivity contribution is -0.132. The third-order valence-corrected chi connectivity index (χ3v) is 3.42. The molecule has 0 aromatic rings. The molecule has 1 rings (SSSR count). The molecule has 1 N–H and O–H groups in total. The minimum Gasteiger partial charge on any atom is -0.343 e. The number of likely N-dealkylation sites (tertiary alicyclic amines) is 1. The quantitative estimate of drug-likeness (QED) is 0.747. The van der Waals surface area contributed by atoms with Crippen LogP contribution in [0.4, 0.5) is 0 Å². The summed E-state index contributed by atoms with van der Waals surface area (Å²) in [6.45, 7) is 7.04. The van der Waals surface area contributed by atoms with Gasteiger partial charge in [0.2, 0.25) is 5.91 Å². The van der Waals surface area contributed by atoms with Crippen LogP contribution in [0.25, 0.3) is 0 Å². The highest BCUT2D eigenvalue weighted by Gasteiger charge is 2.21. The summed E-state index contributed by atoms with van der Waals surface area (Å²) in [7, 11) is 4.02. The lowest BCUT2D eigenvalue weighted by Gasteiger charge is -2.32. The van der Waals surface area contributed by atoms with Gasteiger partial charge in [0.1, 0.15) is 0 Å². The molecule has 100 valence electrons. The molecule has 4 heteroatoms. The van der Waals surface area contributed by atoms with Crippen molar-refractivity contribution >= 4 is 5.91 Å². The second-order valence-corrected chi connectivity index (χ2v) is 5.19. The highest BCUT2D eigenvalue weighted by atomic mass is 16.2. The maximum Gasteiger partial charge on any atom is 0.223 e. The molecule has 0 atom stereocenters. The van der Waals surface area contributed by atoms with Gasteiger partial charge in [-0.1, -0.05) is 6.92 Å². The standard InChI is InChI=1S/C13H27N3O/c1-4-14-11-12-5-9-16(10-6-12)13(17)7-8-15(2)3/h12,14H,4-11H2,1-3H3. The summed E-state index contributed by atoms with van der Waals surface area (Å²) in [5.41, 5.74) is 0. The van der Waals surface area contributed by atoms with Crippen molar-refractivity contribution in [2.24, 2.45) is 5.92 Å². The molecule has 1 saturated heterocycles. The van der Waals surface area contributed by atoms with Gasteiger partial charge in [-0.3, -0.25) is 4.79 Å². The Labute approximate surface area is 105 Å². The normalized spacial score (nSPS) is 17.8. The molecule has 0 aliphatic carbocycles. The summed E-state index contributed by atoms with van der Waals surface area (Å²) in [6, 6.07) is 0. The minimum absolute atomic E-state index is 0.320. The van der Waals surface area contributed by atoms with E-state index in [0.29, 0.717) is 12.3 Å². The first kappa shape index (κ1) is 14.5. The average Bonchev–Trinajstić information content (AvgIpc) is 2.34. The Morgan fingerprint density at radius 1 is 1.35 bits per heavy atom. The van der Waals surface area contributed by atoms with Gasteiger partial charge in [-0.15, -0.1) is 0 Å². The number of rotatable bonds is 6. The van der Waals surface area contributed by atoms with Gasteiger partial charge in [-0.2, -0.15) is 0 Å². The smallest absolute Gasteiger partial charge is 0.223 e. The van der Waals surface area contributed by atoms with E-state index in [2.05, 4.69) is 17.1 Å². The van der Waals surface area contributed by atoms with Crippen LogP contribution in [0.1, 0.15) is 26.2 Å². The number of hydrogen-bond acceptors (Lipinski definition) is 3. The van der Waals surface area contributed by atoms with Crippen molar-refractivity contribution in [3.05, 3.63) is 0 Å². The Kier molecular flexibility index (Phi) is 6.52. The second kappa shape index (κ2) is 7.67. The van der Waals surface area contributed by atoms with Crippen molar-refractivity contribution in [1.82, 2.24) is 15.1 Å². The Bertz CT molecular complexity index is 223. The van der Waals surface area contributed by atoms with Gasteiger partial charge in [-0.05, 0) is 45.9 Å². The zero-order chi connectivity index (χ0) is 12.7. The molecule has 0 unspecified atom stereocenters. The van der Waals surface area contributed by atoms with Crippen molar-refractivity contribution < 1.29 is 4.79 Å². The van der Waals surface area contributed by atoms with Gasteiger partial charge < -0.3 is 15.1 Å². The molecule has 0 aromatic carbocycles. The molecular formula is C13H27N3O. The van der Waals surface area contributed by atoms with Crippen LogP contribution in [0, 0.1) is 5.92 Å². The fraction of sp³-hybridized carbons (Fsp3) is 0.923. The van der Waals surface area contributed by atoms with Crippen LogP contribution in [0.3, 0.4) is 0 Å². The van der Waals surface area contributed by atoms with Crippen molar-refractivity contribution in [2.75, 3.05) is 46.8 Å². The zero-order valence-corrected chi connectivity index (χ0v) is 11.5. The maximum absolute atomic E-state index is 11.9. The molecule has 0 saturated carbocycles. The third kappa shape index (κ3) is 5.50. The van der Waals surface area contributed by atoms with E-state index in [-0.39, 0.29) is 0 Å². The summed E-state index contributed by atoms with van der Waals surface area (Å²) in [4.78, 5) is 16.0. The third-order valence-electron chi connectivity index (χ3n) is 3.42. The van der Waals surface area contributed by atoms with Crippen molar-refractivity contribution in [1.29, 1.82) is 0 Å². The van der Waals surface area contributed by atoms with Crippen LogP contribution < -0.4 is 5.32 Å². The molecule has 17 heavy (non-hydrogen) atoms. The highest BCUT2D eigenvalue weighted by molar-refractivity contribution is 5.76. The Morgan fingerprint density at radius 2 is 2.00 bits per heavy atom. The minimum atomic E-state index is 0.320. The maximum atomic E-state index is 11.9. The number of nitrogens with zero attached hydrogens (tertiary/aromatic N) is 2. The van der Waals surface area contributed by atoms with Gasteiger partial charge in [0.05, 0.1) is 0 Å². The molecule has 0 spiro atoms. The molecule has 0 aromatic heterocycles. The fourth-order valence-corrected chi connectivity index (χ4v) is 2.21. The van der Waals surface area contributed by atoms with Gasteiger partial charge in [0.25, 0.3) is 0 Å². The molecule has 1 fully saturated rings. The van der Waals surface area contributed by atoms with Crippen LogP contribution in [-0.4, -0.2) is 62.5 Å². The topological polar surface area (TPSA) is 35.6 Å². The number of hydrogen-bond donors (Lipinski definition) is 1. The predicted molar refractivity (Wildman–Crippen MR) is 71.0 cm³/mol. The van der Waals surface area contributed by atoms with Crippen molar-refractivity contribution in [2.45, 2.75) is 26.2 Å². The predicted octanol–water partition coefficient (Wildman–Crippen LogP) is 0.786. The van der Waals surface area contributed by atoms with Crippen LogP contribution in [0.2, 0.25) is 0 Å². The van der Waals surface area contributed by atoms with Crippen molar-refractivity contribution in [3.8, 4) is 0 Å². The first-order chi connectivity index (χ1) is 8.13. The van der Waals surface area contributed by atoms with E-state index in [1.165, 1.54) is 0 Å². The average molecular weight is 241 g/mol. The van der Waals surface area contributed by atoms with Gasteiger partial charge in [0, 0.05) is 26.1 Å². The summed E-state index contributed by atoms with van der Waals surface area (Å²) < 4.78 is 0. The summed E-state index contributed by atoms with van der Waals surface area (Å²) in [5.74, 6) is 1.08. The Balaban J connectivity index is 2.19. The van der Waals surface area contributed by atoms with Crippen LogP contribution in [0.15, 0.2) is 0 Å². The lowest BCUT2D eigenvalue weighted by atomic mass is 9.96. The summed E-state index contributed by atoms with van der Waals surface area (Å²) in [5, 5.41) is 3.39. The summed E-state index contributed by atoms with van der Waals surface area (Å²) in [6.07, 6.45) is 2.96. The van der Waals surface area contributed by atoms with E-state index in [4.69, 9.17) is 0 Å². The first-order valence-corrected chi connectivity index (χ1v) is 6.76. The van der Waals surface area contributed by atoms with E-state index in [0.717, 1.165) is 51.5 Å². The number of nitrogens with one attached hydrogen (secondary N) is 1. The van der Waals surface area contributed by atoms with Crippen LogP contribution in [0.5, 0.6) is 0 Å². The molecule has 4 nitrogen and oxygen atoms in total. The number of carbonyl (C=O) groups excluding carboxylic acids is 1. The zero-order valence-electron chi connectivity index (χ0n) is 11.5. The summed E-state index contributed by atoms with van der Waals surface area (Å²) >= 11 is 0. The molecule has 1 aliphatic rings. The lowest BCUT2D eigenvalue weighted by Crippen LogP contribution is -2.41. The molecule has 1 heterocycles. The van der Waals surface area contributed by atoms with Gasteiger partial charge in [-0.25, -0.2) is 0 Å².